The van der Waals surface area contributed by atoms with Crippen LogP contribution in [0.2, 0.25) is 0 Å². The second kappa shape index (κ2) is 6.76. The molecular weight excluding hydrogens is 262 g/mol. The van der Waals surface area contributed by atoms with Gasteiger partial charge in [-0.1, -0.05) is 30.7 Å². The smallest absolute Gasteiger partial charge is 0.308 e. The molecular formula is C17H25N3O. The second-order valence-corrected chi connectivity index (χ2v) is 5.71. The minimum atomic E-state index is 0.0311. The molecule has 0 fully saturated rings. The van der Waals surface area contributed by atoms with Crippen molar-refractivity contribution in [2.75, 3.05) is 6.54 Å². The lowest BCUT2D eigenvalue weighted by Crippen LogP contribution is -2.31. The minimum absolute atomic E-state index is 0.0311. The van der Waals surface area contributed by atoms with E-state index >= 15 is 0 Å². The molecule has 0 bridgehead atoms. The maximum atomic E-state index is 12.1. The SMILES string of the molecule is CCCNC(Cn1ccn(C)c1=O)c1cc(C)ccc1C. The first-order valence-electron chi connectivity index (χ1n) is 7.55. The number of rotatable bonds is 6. The zero-order valence-corrected chi connectivity index (χ0v) is 13.4. The highest BCUT2D eigenvalue weighted by Crippen LogP contribution is 2.20. The number of hydrogen-bond acceptors (Lipinski definition) is 2. The zero-order valence-electron chi connectivity index (χ0n) is 13.4. The Morgan fingerprint density at radius 1 is 1.24 bits per heavy atom. The Labute approximate surface area is 126 Å². The van der Waals surface area contributed by atoms with E-state index in [9.17, 15) is 4.79 Å². The van der Waals surface area contributed by atoms with Gasteiger partial charge in [-0.2, -0.15) is 0 Å². The number of nitrogens with one attached hydrogen (secondary N) is 1. The lowest BCUT2D eigenvalue weighted by Gasteiger charge is -2.21. The summed E-state index contributed by atoms with van der Waals surface area (Å²) in [5.74, 6) is 0. The molecule has 114 valence electrons. The van der Waals surface area contributed by atoms with Gasteiger partial charge in [0.2, 0.25) is 0 Å². The predicted octanol–water partition coefficient (Wildman–Crippen LogP) is 2.54. The highest BCUT2D eigenvalue weighted by molar-refractivity contribution is 5.33. The van der Waals surface area contributed by atoms with E-state index in [1.54, 1.807) is 16.2 Å². The Morgan fingerprint density at radius 2 is 2.00 bits per heavy atom. The summed E-state index contributed by atoms with van der Waals surface area (Å²) >= 11 is 0. The summed E-state index contributed by atoms with van der Waals surface area (Å²) in [7, 11) is 1.78. The van der Waals surface area contributed by atoms with Gasteiger partial charge in [0, 0.05) is 26.0 Å². The molecule has 0 spiro atoms. The Morgan fingerprint density at radius 3 is 2.62 bits per heavy atom. The molecule has 0 aliphatic heterocycles. The molecule has 1 aromatic heterocycles. The first-order valence-corrected chi connectivity index (χ1v) is 7.55. The molecule has 4 heteroatoms. The van der Waals surface area contributed by atoms with Crippen LogP contribution in [0.25, 0.3) is 0 Å². The van der Waals surface area contributed by atoms with Gasteiger partial charge in [-0.05, 0) is 37.9 Å². The fourth-order valence-electron chi connectivity index (χ4n) is 2.57. The van der Waals surface area contributed by atoms with Crippen LogP contribution >= 0.6 is 0 Å². The van der Waals surface area contributed by atoms with Crippen molar-refractivity contribution in [3.63, 3.8) is 0 Å². The third-order valence-electron chi connectivity index (χ3n) is 3.85. The highest BCUT2D eigenvalue weighted by atomic mass is 16.1. The van der Waals surface area contributed by atoms with Crippen molar-refractivity contribution in [1.29, 1.82) is 0 Å². The Kier molecular flexibility index (Phi) is 5.02. The standard InChI is InChI=1S/C17H25N3O/c1-5-8-18-16(12-20-10-9-19(4)17(20)21)15-11-13(2)6-7-14(15)3/h6-7,9-11,16,18H,5,8,12H2,1-4H3. The molecule has 0 saturated heterocycles. The number of imidazole rings is 1. The molecule has 1 heterocycles. The number of aromatic nitrogens is 2. The summed E-state index contributed by atoms with van der Waals surface area (Å²) in [5, 5.41) is 3.57. The summed E-state index contributed by atoms with van der Waals surface area (Å²) in [4.78, 5) is 12.1. The Hall–Kier alpha value is -1.81. The molecule has 1 unspecified atom stereocenters. The average molecular weight is 287 g/mol. The van der Waals surface area contributed by atoms with Crippen LogP contribution < -0.4 is 11.0 Å². The van der Waals surface area contributed by atoms with Crippen molar-refractivity contribution in [2.45, 2.75) is 39.8 Å². The molecule has 0 aliphatic rings. The third-order valence-corrected chi connectivity index (χ3v) is 3.85. The molecule has 21 heavy (non-hydrogen) atoms. The minimum Gasteiger partial charge on any atom is -0.308 e. The van der Waals surface area contributed by atoms with E-state index in [0.717, 1.165) is 13.0 Å². The van der Waals surface area contributed by atoms with Crippen LogP contribution in [0, 0.1) is 13.8 Å². The van der Waals surface area contributed by atoms with Crippen molar-refractivity contribution < 1.29 is 0 Å². The molecule has 0 saturated carbocycles. The van der Waals surface area contributed by atoms with Gasteiger partial charge in [-0.25, -0.2) is 4.79 Å². The van der Waals surface area contributed by atoms with Gasteiger partial charge in [0.15, 0.2) is 0 Å². The van der Waals surface area contributed by atoms with E-state index in [2.05, 4.69) is 44.3 Å². The molecule has 0 radical (unpaired) electrons. The first-order chi connectivity index (χ1) is 10.0. The topological polar surface area (TPSA) is 39.0 Å². The van der Waals surface area contributed by atoms with Crippen molar-refractivity contribution >= 4 is 0 Å². The second-order valence-electron chi connectivity index (χ2n) is 5.71. The molecule has 1 atom stereocenters. The van der Waals surface area contributed by atoms with Gasteiger partial charge >= 0.3 is 5.69 Å². The van der Waals surface area contributed by atoms with E-state index < -0.39 is 0 Å². The number of aryl methyl sites for hydroxylation is 3. The Bertz CT molecular complexity index is 654. The molecule has 4 nitrogen and oxygen atoms in total. The van der Waals surface area contributed by atoms with E-state index in [1.165, 1.54) is 16.7 Å². The lowest BCUT2D eigenvalue weighted by molar-refractivity contribution is 0.452. The van der Waals surface area contributed by atoms with E-state index in [-0.39, 0.29) is 11.7 Å². The summed E-state index contributed by atoms with van der Waals surface area (Å²) in [6, 6.07) is 6.66. The van der Waals surface area contributed by atoms with Gasteiger partial charge < -0.3 is 9.88 Å². The molecule has 2 rings (SSSR count). The van der Waals surface area contributed by atoms with Crippen LogP contribution in [-0.2, 0) is 13.6 Å². The number of benzene rings is 1. The molecule has 2 aromatic rings. The quantitative estimate of drug-likeness (QED) is 0.887. The fourth-order valence-corrected chi connectivity index (χ4v) is 2.57. The van der Waals surface area contributed by atoms with Gasteiger partial charge in [0.05, 0.1) is 6.04 Å². The largest absolute Gasteiger partial charge is 0.327 e. The molecule has 0 amide bonds. The first kappa shape index (κ1) is 15.6. The summed E-state index contributed by atoms with van der Waals surface area (Å²) in [5.41, 5.74) is 3.82. The fraction of sp³-hybridized carbons (Fsp3) is 0.471. The van der Waals surface area contributed by atoms with E-state index in [4.69, 9.17) is 0 Å². The van der Waals surface area contributed by atoms with Crippen molar-refractivity contribution in [3.05, 3.63) is 57.8 Å². The maximum absolute atomic E-state index is 12.1. The van der Waals surface area contributed by atoms with Crippen LogP contribution in [0.15, 0.2) is 35.4 Å². The van der Waals surface area contributed by atoms with Crippen molar-refractivity contribution in [1.82, 2.24) is 14.5 Å². The zero-order chi connectivity index (χ0) is 15.4. The summed E-state index contributed by atoms with van der Waals surface area (Å²) < 4.78 is 3.38. The van der Waals surface area contributed by atoms with Crippen LogP contribution in [-0.4, -0.2) is 15.7 Å². The monoisotopic (exact) mass is 287 g/mol. The highest BCUT2D eigenvalue weighted by Gasteiger charge is 2.15. The van der Waals surface area contributed by atoms with E-state index in [0.29, 0.717) is 6.54 Å². The van der Waals surface area contributed by atoms with Crippen molar-refractivity contribution in [3.8, 4) is 0 Å². The lowest BCUT2D eigenvalue weighted by atomic mass is 9.98. The molecule has 1 aromatic carbocycles. The van der Waals surface area contributed by atoms with Crippen LogP contribution in [0.3, 0.4) is 0 Å². The van der Waals surface area contributed by atoms with Gasteiger partial charge in [-0.15, -0.1) is 0 Å². The van der Waals surface area contributed by atoms with Crippen molar-refractivity contribution in [2.24, 2.45) is 7.05 Å². The number of hydrogen-bond donors (Lipinski definition) is 1. The van der Waals surface area contributed by atoms with Gasteiger partial charge in [0.1, 0.15) is 0 Å². The van der Waals surface area contributed by atoms with Crippen LogP contribution in [0.1, 0.15) is 36.1 Å². The molecule has 0 aliphatic carbocycles. The average Bonchev–Trinajstić information content (AvgIpc) is 2.78. The third kappa shape index (κ3) is 3.64. The summed E-state index contributed by atoms with van der Waals surface area (Å²) in [6.45, 7) is 7.99. The van der Waals surface area contributed by atoms with Crippen LogP contribution in [0.4, 0.5) is 0 Å². The summed E-state index contributed by atoms with van der Waals surface area (Å²) in [6.07, 6.45) is 4.74. The number of nitrogens with zero attached hydrogens (tertiary/aromatic N) is 2. The predicted molar refractivity (Wildman–Crippen MR) is 86.6 cm³/mol. The normalized spacial score (nSPS) is 12.6. The van der Waals surface area contributed by atoms with E-state index in [1.807, 2.05) is 12.4 Å². The van der Waals surface area contributed by atoms with Gasteiger partial charge in [-0.3, -0.25) is 4.57 Å². The van der Waals surface area contributed by atoms with Gasteiger partial charge in [0.25, 0.3) is 0 Å². The maximum Gasteiger partial charge on any atom is 0.327 e. The Balaban J connectivity index is 2.31. The van der Waals surface area contributed by atoms with Crippen LogP contribution in [0.5, 0.6) is 0 Å². The molecule has 1 N–H and O–H groups in total.